The van der Waals surface area contributed by atoms with Crippen molar-refractivity contribution in [2.24, 2.45) is 5.92 Å². The summed E-state index contributed by atoms with van der Waals surface area (Å²) < 4.78 is 29.4. The van der Waals surface area contributed by atoms with E-state index in [2.05, 4.69) is 52.0 Å². The Morgan fingerprint density at radius 1 is 0.795 bits per heavy atom. The molecule has 1 aliphatic carbocycles. The zero-order chi connectivity index (χ0) is 28.0. The van der Waals surface area contributed by atoms with Gasteiger partial charge in [0.25, 0.3) is 0 Å². The summed E-state index contributed by atoms with van der Waals surface area (Å²) in [6.45, 7) is 9.87. The SMILES string of the molecule is Cc1ccc(CN(C=O)C2CCC(CN(Cc3ccccc3)S(=O)(=O)c3ccc(C(C)(C)C)cc3)CC2)cc1. The fourth-order valence-corrected chi connectivity index (χ4v) is 6.92. The molecule has 39 heavy (non-hydrogen) atoms. The molecule has 3 aromatic rings. The van der Waals surface area contributed by atoms with Gasteiger partial charge in [-0.25, -0.2) is 8.42 Å². The van der Waals surface area contributed by atoms with Crippen molar-refractivity contribution in [2.75, 3.05) is 6.54 Å². The highest BCUT2D eigenvalue weighted by molar-refractivity contribution is 7.89. The zero-order valence-corrected chi connectivity index (χ0v) is 24.5. The van der Waals surface area contributed by atoms with Gasteiger partial charge < -0.3 is 4.90 Å². The van der Waals surface area contributed by atoms with Crippen molar-refractivity contribution in [3.8, 4) is 0 Å². The molecule has 6 heteroatoms. The predicted molar refractivity (Wildman–Crippen MR) is 158 cm³/mol. The van der Waals surface area contributed by atoms with Gasteiger partial charge in [-0.2, -0.15) is 4.31 Å². The van der Waals surface area contributed by atoms with E-state index in [0.29, 0.717) is 24.5 Å². The van der Waals surface area contributed by atoms with Gasteiger partial charge in [-0.3, -0.25) is 4.79 Å². The molecule has 0 unspecified atom stereocenters. The monoisotopic (exact) mass is 546 g/mol. The van der Waals surface area contributed by atoms with Crippen molar-refractivity contribution in [3.63, 3.8) is 0 Å². The highest BCUT2D eigenvalue weighted by Crippen LogP contribution is 2.31. The highest BCUT2D eigenvalue weighted by atomic mass is 32.2. The summed E-state index contributed by atoms with van der Waals surface area (Å²) in [5.74, 6) is 0.251. The van der Waals surface area contributed by atoms with E-state index in [4.69, 9.17) is 0 Å². The van der Waals surface area contributed by atoms with Gasteiger partial charge in [0.15, 0.2) is 0 Å². The van der Waals surface area contributed by atoms with Gasteiger partial charge in [0.1, 0.15) is 0 Å². The maximum atomic E-state index is 13.9. The number of carbonyl (C=O) groups excluding carboxylic acids is 1. The van der Waals surface area contributed by atoms with Crippen LogP contribution in [-0.2, 0) is 33.3 Å². The Bertz CT molecular complexity index is 1310. The fourth-order valence-electron chi connectivity index (χ4n) is 5.41. The standard InChI is InChI=1S/C33H42N2O3S/c1-26-10-12-28(13-11-26)22-34(25-36)31-18-14-29(15-19-31)24-35(23-27-8-6-5-7-9-27)39(37,38)32-20-16-30(17-21-32)33(2,3)4/h5-13,16-17,20-21,25,29,31H,14-15,18-19,22-24H2,1-4H3. The molecular weight excluding hydrogens is 504 g/mol. The second-order valence-electron chi connectivity index (χ2n) is 12.0. The van der Waals surface area contributed by atoms with Crippen LogP contribution in [0.5, 0.6) is 0 Å². The smallest absolute Gasteiger partial charge is 0.243 e. The summed E-state index contributed by atoms with van der Waals surface area (Å²) in [7, 11) is -3.67. The lowest BCUT2D eigenvalue weighted by molar-refractivity contribution is -0.121. The summed E-state index contributed by atoms with van der Waals surface area (Å²) in [6.07, 6.45) is 4.53. The molecule has 1 amide bonds. The minimum Gasteiger partial charge on any atom is -0.338 e. The first kappa shape index (κ1) is 29.0. The number of nitrogens with zero attached hydrogens (tertiary/aromatic N) is 2. The molecule has 0 spiro atoms. The number of hydrogen-bond acceptors (Lipinski definition) is 3. The lowest BCUT2D eigenvalue weighted by Crippen LogP contribution is -2.40. The Labute approximate surface area is 234 Å². The van der Waals surface area contributed by atoms with Crippen LogP contribution in [0.2, 0.25) is 0 Å². The van der Waals surface area contributed by atoms with Crippen molar-refractivity contribution in [2.45, 2.75) is 82.8 Å². The maximum Gasteiger partial charge on any atom is 0.243 e. The van der Waals surface area contributed by atoms with Crippen LogP contribution in [0.3, 0.4) is 0 Å². The second kappa shape index (κ2) is 12.5. The van der Waals surface area contributed by atoms with Crippen LogP contribution in [-0.4, -0.2) is 36.6 Å². The van der Waals surface area contributed by atoms with Gasteiger partial charge in [-0.05, 0) is 72.8 Å². The molecule has 3 aromatic carbocycles. The molecule has 0 bridgehead atoms. The molecule has 208 valence electrons. The number of rotatable bonds is 10. The molecule has 4 rings (SSSR count). The number of aryl methyl sites for hydroxylation is 1. The van der Waals surface area contributed by atoms with Gasteiger partial charge in [0.05, 0.1) is 4.90 Å². The highest BCUT2D eigenvalue weighted by Gasteiger charge is 2.31. The Kier molecular flexibility index (Phi) is 9.29. The molecule has 1 aliphatic rings. The molecule has 1 fully saturated rings. The van der Waals surface area contributed by atoms with Crippen LogP contribution in [0.4, 0.5) is 0 Å². The average molecular weight is 547 g/mol. The second-order valence-corrected chi connectivity index (χ2v) is 13.9. The normalized spacial score (nSPS) is 18.2. The Hall–Kier alpha value is -2.96. The zero-order valence-electron chi connectivity index (χ0n) is 23.7. The maximum absolute atomic E-state index is 13.9. The Morgan fingerprint density at radius 3 is 1.95 bits per heavy atom. The van der Waals surface area contributed by atoms with Crippen molar-refractivity contribution in [1.82, 2.24) is 9.21 Å². The van der Waals surface area contributed by atoms with E-state index in [-0.39, 0.29) is 17.4 Å². The van der Waals surface area contributed by atoms with Gasteiger partial charge in [0, 0.05) is 25.7 Å². The summed E-state index contributed by atoms with van der Waals surface area (Å²) >= 11 is 0. The van der Waals surface area contributed by atoms with E-state index in [1.54, 1.807) is 16.4 Å². The first-order chi connectivity index (χ1) is 18.6. The van der Waals surface area contributed by atoms with Gasteiger partial charge >= 0.3 is 0 Å². The Balaban J connectivity index is 1.46. The average Bonchev–Trinajstić information content (AvgIpc) is 2.93. The molecule has 0 aromatic heterocycles. The van der Waals surface area contributed by atoms with E-state index in [0.717, 1.165) is 48.8 Å². The summed E-state index contributed by atoms with van der Waals surface area (Å²) in [4.78, 5) is 14.2. The lowest BCUT2D eigenvalue weighted by atomic mass is 9.85. The minimum atomic E-state index is -3.67. The molecule has 0 saturated heterocycles. The number of benzene rings is 3. The van der Waals surface area contributed by atoms with E-state index in [1.165, 1.54) is 5.56 Å². The molecule has 0 radical (unpaired) electrons. The van der Waals surface area contributed by atoms with Crippen molar-refractivity contribution < 1.29 is 13.2 Å². The first-order valence-electron chi connectivity index (χ1n) is 14.0. The quantitative estimate of drug-likeness (QED) is 0.266. The van der Waals surface area contributed by atoms with E-state index in [9.17, 15) is 13.2 Å². The largest absolute Gasteiger partial charge is 0.338 e. The number of amides is 1. The van der Waals surface area contributed by atoms with Gasteiger partial charge in [-0.15, -0.1) is 0 Å². The van der Waals surface area contributed by atoms with Crippen LogP contribution < -0.4 is 0 Å². The van der Waals surface area contributed by atoms with Crippen LogP contribution in [0.25, 0.3) is 0 Å². The summed E-state index contributed by atoms with van der Waals surface area (Å²) in [6, 6.07) is 25.7. The number of sulfonamides is 1. The molecule has 5 nitrogen and oxygen atoms in total. The Morgan fingerprint density at radius 2 is 1.38 bits per heavy atom. The molecule has 0 atom stereocenters. The van der Waals surface area contributed by atoms with Crippen molar-refractivity contribution >= 4 is 16.4 Å². The van der Waals surface area contributed by atoms with E-state index in [1.807, 2.05) is 47.4 Å². The molecule has 1 saturated carbocycles. The predicted octanol–water partition coefficient (Wildman–Crippen LogP) is 6.70. The minimum absolute atomic E-state index is 0.0422. The van der Waals surface area contributed by atoms with Crippen molar-refractivity contribution in [3.05, 3.63) is 101 Å². The van der Waals surface area contributed by atoms with Crippen molar-refractivity contribution in [1.29, 1.82) is 0 Å². The molecule has 0 N–H and O–H groups in total. The van der Waals surface area contributed by atoms with Crippen LogP contribution in [0, 0.1) is 12.8 Å². The molecular formula is C33H42N2O3S. The van der Waals surface area contributed by atoms with Gasteiger partial charge in [0.2, 0.25) is 16.4 Å². The lowest BCUT2D eigenvalue weighted by Gasteiger charge is -2.36. The number of hydrogen-bond donors (Lipinski definition) is 0. The topological polar surface area (TPSA) is 57.7 Å². The summed E-state index contributed by atoms with van der Waals surface area (Å²) in [5.41, 5.74) is 4.38. The van der Waals surface area contributed by atoms with Crippen LogP contribution in [0.1, 0.15) is 68.7 Å². The van der Waals surface area contributed by atoms with Gasteiger partial charge in [-0.1, -0.05) is 93.1 Å². The van der Waals surface area contributed by atoms with E-state index < -0.39 is 10.0 Å². The molecule has 0 heterocycles. The molecule has 0 aliphatic heterocycles. The third-order valence-electron chi connectivity index (χ3n) is 7.93. The fraction of sp³-hybridized carbons (Fsp3) is 0.424. The third kappa shape index (κ3) is 7.58. The third-order valence-corrected chi connectivity index (χ3v) is 9.75. The first-order valence-corrected chi connectivity index (χ1v) is 15.4. The summed E-state index contributed by atoms with van der Waals surface area (Å²) in [5, 5.41) is 0. The van der Waals surface area contributed by atoms with Crippen LogP contribution >= 0.6 is 0 Å². The van der Waals surface area contributed by atoms with E-state index >= 15 is 0 Å². The number of carbonyl (C=O) groups is 1. The van der Waals surface area contributed by atoms with Crippen LogP contribution in [0.15, 0.2) is 83.8 Å².